The van der Waals surface area contributed by atoms with Crippen molar-refractivity contribution in [3.8, 4) is 44.5 Å². The van der Waals surface area contributed by atoms with Crippen molar-refractivity contribution in [1.29, 1.82) is 0 Å². The molecule has 0 spiro atoms. The Morgan fingerprint density at radius 2 is 0.822 bits per heavy atom. The van der Waals surface area contributed by atoms with E-state index in [0.717, 1.165) is 54.6 Å². The Labute approximate surface area is 275 Å². The molecule has 1 heteroatoms. The van der Waals surface area contributed by atoms with Crippen LogP contribution in [-0.4, -0.2) is 0 Å². The van der Waals surface area contributed by atoms with E-state index in [2.05, 4.69) is 0 Å². The zero-order valence-electron chi connectivity index (χ0n) is 33.8. The second kappa shape index (κ2) is 10.4. The van der Waals surface area contributed by atoms with Crippen molar-refractivity contribution in [3.05, 3.63) is 170 Å². The summed E-state index contributed by atoms with van der Waals surface area (Å²) in [4.78, 5) is 0. The van der Waals surface area contributed by atoms with Gasteiger partial charge in [0.15, 0.2) is 0 Å². The van der Waals surface area contributed by atoms with Crippen LogP contribution in [0.2, 0.25) is 0 Å². The van der Waals surface area contributed by atoms with Crippen LogP contribution in [0.4, 0.5) is 0 Å². The van der Waals surface area contributed by atoms with Crippen molar-refractivity contribution in [2.45, 2.75) is 0 Å². The number of para-hydroxylation sites is 1. The molecule has 8 aromatic carbocycles. The van der Waals surface area contributed by atoms with Crippen molar-refractivity contribution >= 4 is 43.5 Å². The van der Waals surface area contributed by atoms with Crippen LogP contribution in [0.5, 0.6) is 0 Å². The lowest BCUT2D eigenvalue weighted by Crippen LogP contribution is -1.93. The SMILES string of the molecule is [2H]c1c([2H])c([2H])c(-c2ccccc2-c2c3ccccc3c(-c3cccc4oc5c(-c6c([2H])c([2H])c([2H])c([2H])c6[2H])cccc5c34)c3ccccc23)c([2H])c1[2H]. The molecule has 0 N–H and O–H groups in total. The Balaban J connectivity index is 1.38. The third-order valence-electron chi connectivity index (χ3n) is 8.46. The fourth-order valence-electron chi connectivity index (χ4n) is 6.65. The Morgan fingerprint density at radius 3 is 1.44 bits per heavy atom. The molecule has 45 heavy (non-hydrogen) atoms. The van der Waals surface area contributed by atoms with Gasteiger partial charge in [-0.3, -0.25) is 0 Å². The molecule has 0 saturated carbocycles. The van der Waals surface area contributed by atoms with Crippen molar-refractivity contribution in [3.63, 3.8) is 0 Å². The molecule has 0 aliphatic carbocycles. The number of furan rings is 1. The number of benzene rings is 8. The summed E-state index contributed by atoms with van der Waals surface area (Å²) in [5.41, 5.74) is 5.44. The van der Waals surface area contributed by atoms with Gasteiger partial charge >= 0.3 is 0 Å². The summed E-state index contributed by atoms with van der Waals surface area (Å²) < 4.78 is 91.3. The zero-order chi connectivity index (χ0) is 38.4. The summed E-state index contributed by atoms with van der Waals surface area (Å²) in [6.07, 6.45) is 0. The summed E-state index contributed by atoms with van der Waals surface area (Å²) in [5.74, 6) is 0. The maximum atomic E-state index is 8.83. The lowest BCUT2D eigenvalue weighted by Gasteiger charge is -2.20. The first kappa shape index (κ1) is 17.4. The van der Waals surface area contributed by atoms with Gasteiger partial charge in [-0.2, -0.15) is 0 Å². The van der Waals surface area contributed by atoms with Crippen LogP contribution >= 0.6 is 0 Å². The van der Waals surface area contributed by atoms with Crippen LogP contribution < -0.4 is 0 Å². The molecule has 0 fully saturated rings. The molecular formula is C44H28O. The fourth-order valence-corrected chi connectivity index (χ4v) is 6.65. The minimum Gasteiger partial charge on any atom is -0.455 e. The standard InChI is InChI=1S/C44H28O/c1-3-15-29(16-4-1)31-19-7-8-20-33(31)41-34-21-9-11-23-36(34)42(37-24-12-10-22-35(37)41)38-26-14-28-40-43(38)39-27-13-25-32(44(39)45-40)30-17-5-2-6-18-30/h1-28H/i1D,2D,3D,4D,5D,6D,15D,16D,17D,18D. The summed E-state index contributed by atoms with van der Waals surface area (Å²) in [6, 6.07) is 31.0. The van der Waals surface area contributed by atoms with E-state index >= 15 is 0 Å². The normalized spacial score (nSPS) is 14.7. The molecule has 0 aliphatic rings. The second-order valence-electron chi connectivity index (χ2n) is 10.8. The highest BCUT2D eigenvalue weighted by atomic mass is 16.3. The first-order chi connectivity index (χ1) is 26.5. The smallest absolute Gasteiger partial charge is 0.143 e. The lowest BCUT2D eigenvalue weighted by molar-refractivity contribution is 0.670. The Bertz CT molecular complexity index is 3000. The van der Waals surface area contributed by atoms with E-state index in [-0.39, 0.29) is 35.3 Å². The Hall–Kier alpha value is -5.92. The maximum Gasteiger partial charge on any atom is 0.143 e. The monoisotopic (exact) mass is 582 g/mol. The highest BCUT2D eigenvalue weighted by Crippen LogP contribution is 2.48. The second-order valence-corrected chi connectivity index (χ2v) is 10.8. The topological polar surface area (TPSA) is 13.1 Å². The molecule has 0 unspecified atom stereocenters. The number of hydrogen-bond donors (Lipinski definition) is 0. The molecule has 1 nitrogen and oxygen atoms in total. The molecule has 9 aromatic rings. The predicted molar refractivity (Wildman–Crippen MR) is 190 cm³/mol. The van der Waals surface area contributed by atoms with E-state index in [1.807, 2.05) is 91.0 Å². The first-order valence-corrected chi connectivity index (χ1v) is 14.6. The van der Waals surface area contributed by atoms with Crippen molar-refractivity contribution < 1.29 is 18.1 Å². The number of hydrogen-bond acceptors (Lipinski definition) is 1. The van der Waals surface area contributed by atoms with Crippen LogP contribution in [-0.2, 0) is 0 Å². The quantitative estimate of drug-likeness (QED) is 0.188. The van der Waals surface area contributed by atoms with Crippen molar-refractivity contribution in [2.24, 2.45) is 0 Å². The molecule has 1 heterocycles. The van der Waals surface area contributed by atoms with Gasteiger partial charge in [-0.25, -0.2) is 0 Å². The van der Waals surface area contributed by atoms with Crippen LogP contribution in [0.1, 0.15) is 13.7 Å². The van der Waals surface area contributed by atoms with Gasteiger partial charge in [0.2, 0.25) is 0 Å². The van der Waals surface area contributed by atoms with E-state index in [9.17, 15) is 0 Å². The fraction of sp³-hybridized carbons (Fsp3) is 0. The van der Waals surface area contributed by atoms with Crippen molar-refractivity contribution in [1.82, 2.24) is 0 Å². The van der Waals surface area contributed by atoms with E-state index in [0.29, 0.717) is 22.3 Å². The Morgan fingerprint density at radius 1 is 0.378 bits per heavy atom. The van der Waals surface area contributed by atoms with Gasteiger partial charge in [0.25, 0.3) is 0 Å². The average Bonchev–Trinajstić information content (AvgIpc) is 3.60. The highest BCUT2D eigenvalue weighted by Gasteiger charge is 2.22. The van der Waals surface area contributed by atoms with Crippen LogP contribution in [0.15, 0.2) is 174 Å². The van der Waals surface area contributed by atoms with Gasteiger partial charge in [0.1, 0.15) is 11.2 Å². The molecular weight excluding hydrogens is 544 g/mol. The number of fused-ring (bicyclic) bond motifs is 5. The summed E-state index contributed by atoms with van der Waals surface area (Å²) in [7, 11) is 0. The van der Waals surface area contributed by atoms with E-state index in [4.69, 9.17) is 18.1 Å². The van der Waals surface area contributed by atoms with Crippen molar-refractivity contribution in [2.75, 3.05) is 0 Å². The van der Waals surface area contributed by atoms with Gasteiger partial charge in [-0.1, -0.05) is 164 Å². The zero-order valence-corrected chi connectivity index (χ0v) is 23.8. The molecule has 0 saturated heterocycles. The highest BCUT2D eigenvalue weighted by molar-refractivity contribution is 6.26. The minimum atomic E-state index is -0.462. The molecule has 0 atom stereocenters. The van der Waals surface area contributed by atoms with Crippen LogP contribution in [0.3, 0.4) is 0 Å². The molecule has 210 valence electrons. The summed E-state index contributed by atoms with van der Waals surface area (Å²) in [6.45, 7) is 0. The summed E-state index contributed by atoms with van der Waals surface area (Å²) in [5, 5.41) is 5.13. The molecule has 0 amide bonds. The molecule has 1 aromatic heterocycles. The van der Waals surface area contributed by atoms with Gasteiger partial charge in [0.05, 0.1) is 13.7 Å². The third-order valence-corrected chi connectivity index (χ3v) is 8.46. The van der Waals surface area contributed by atoms with E-state index < -0.39 is 36.3 Å². The maximum absolute atomic E-state index is 8.83. The van der Waals surface area contributed by atoms with Crippen LogP contribution in [0.25, 0.3) is 88.0 Å². The van der Waals surface area contributed by atoms with E-state index in [1.54, 1.807) is 18.2 Å². The molecule has 0 aliphatic heterocycles. The van der Waals surface area contributed by atoms with Gasteiger partial charge < -0.3 is 4.42 Å². The average molecular weight is 583 g/mol. The molecule has 9 rings (SSSR count). The Kier molecular flexibility index (Phi) is 4.01. The summed E-state index contributed by atoms with van der Waals surface area (Å²) >= 11 is 0. The van der Waals surface area contributed by atoms with Gasteiger partial charge in [0, 0.05) is 16.3 Å². The largest absolute Gasteiger partial charge is 0.455 e. The molecule has 0 radical (unpaired) electrons. The third kappa shape index (κ3) is 4.02. The minimum absolute atomic E-state index is 0.0650. The van der Waals surface area contributed by atoms with E-state index in [1.165, 1.54) is 0 Å². The molecule has 0 bridgehead atoms. The lowest BCUT2D eigenvalue weighted by atomic mass is 9.83. The van der Waals surface area contributed by atoms with Crippen LogP contribution in [0, 0.1) is 0 Å². The van der Waals surface area contributed by atoms with Gasteiger partial charge in [-0.15, -0.1) is 0 Å². The van der Waals surface area contributed by atoms with Gasteiger partial charge in [-0.05, 0) is 66.6 Å². The first-order valence-electron chi connectivity index (χ1n) is 19.6. The number of rotatable bonds is 4. The predicted octanol–water partition coefficient (Wildman–Crippen LogP) is 12.6.